The molecule has 0 saturated heterocycles. The van der Waals surface area contributed by atoms with Crippen LogP contribution in [0.3, 0.4) is 0 Å². The van der Waals surface area contributed by atoms with Crippen LogP contribution in [0.1, 0.15) is 41.9 Å². The highest BCUT2D eigenvalue weighted by Crippen LogP contribution is 2.40. The molecule has 166 valence electrons. The maximum absolute atomic E-state index is 13.7. The molecule has 7 nitrogen and oxygen atoms in total. The van der Waals surface area contributed by atoms with Crippen LogP contribution in [0, 0.1) is 11.6 Å². The van der Waals surface area contributed by atoms with E-state index in [9.17, 15) is 31.9 Å². The fourth-order valence-electron chi connectivity index (χ4n) is 3.87. The van der Waals surface area contributed by atoms with Crippen molar-refractivity contribution in [2.45, 2.75) is 38.2 Å². The lowest BCUT2D eigenvalue weighted by Crippen LogP contribution is -2.45. The van der Waals surface area contributed by atoms with Gasteiger partial charge in [0, 0.05) is 25.0 Å². The molecule has 0 bridgehead atoms. The lowest BCUT2D eigenvalue weighted by molar-refractivity contribution is -0.263. The lowest BCUT2D eigenvalue weighted by atomic mass is 10.0. The molecule has 0 spiro atoms. The first-order chi connectivity index (χ1) is 14.3. The number of halogens is 5. The maximum Gasteiger partial charge on any atom is 0.424 e. The number of aliphatic hydroxyl groups is 1. The number of carbonyl (C=O) groups excluding carboxylic acids is 1. The van der Waals surface area contributed by atoms with E-state index in [0.29, 0.717) is 12.6 Å². The van der Waals surface area contributed by atoms with E-state index in [1.165, 1.54) is 27.4 Å². The number of carbonyl (C=O) groups is 1. The third-order valence-corrected chi connectivity index (χ3v) is 5.52. The smallest absolute Gasteiger partial charge is 0.374 e. The van der Waals surface area contributed by atoms with Crippen molar-refractivity contribution in [1.82, 2.24) is 24.2 Å². The van der Waals surface area contributed by atoms with Crippen LogP contribution in [0.5, 0.6) is 0 Å². The third kappa shape index (κ3) is 3.16. The molecule has 2 aromatic heterocycles. The second-order valence-electron chi connectivity index (χ2n) is 7.80. The van der Waals surface area contributed by atoms with Gasteiger partial charge in [-0.25, -0.2) is 13.8 Å². The van der Waals surface area contributed by atoms with Crippen molar-refractivity contribution < 1.29 is 31.9 Å². The van der Waals surface area contributed by atoms with Gasteiger partial charge in [-0.3, -0.25) is 9.48 Å². The Labute approximate surface area is 172 Å². The first-order valence-corrected chi connectivity index (χ1v) is 9.29. The summed E-state index contributed by atoms with van der Waals surface area (Å²) < 4.78 is 69.7. The number of aromatic nitrogens is 4. The van der Waals surface area contributed by atoms with Gasteiger partial charge in [0.15, 0.2) is 23.2 Å². The molecule has 1 aromatic carbocycles. The van der Waals surface area contributed by atoms with Gasteiger partial charge in [-0.2, -0.15) is 18.3 Å². The van der Waals surface area contributed by atoms with Gasteiger partial charge < -0.3 is 14.6 Å². The highest BCUT2D eigenvalue weighted by atomic mass is 19.4. The van der Waals surface area contributed by atoms with Crippen molar-refractivity contribution in [2.75, 3.05) is 6.54 Å². The number of amides is 1. The highest BCUT2D eigenvalue weighted by molar-refractivity contribution is 6.04. The summed E-state index contributed by atoms with van der Waals surface area (Å²) in [4.78, 5) is 18.2. The Morgan fingerprint density at radius 3 is 2.52 bits per heavy atom. The first-order valence-electron chi connectivity index (χ1n) is 9.29. The second kappa shape index (κ2) is 6.74. The number of benzene rings is 1. The molecule has 3 heterocycles. The predicted octanol–water partition coefficient (Wildman–Crippen LogP) is 3.03. The predicted molar refractivity (Wildman–Crippen MR) is 97.9 cm³/mol. The fraction of sp³-hybridized carbons (Fsp3) is 0.421. The van der Waals surface area contributed by atoms with E-state index in [-0.39, 0.29) is 29.7 Å². The summed E-state index contributed by atoms with van der Waals surface area (Å²) >= 11 is 0. The van der Waals surface area contributed by atoms with Gasteiger partial charge in [0.05, 0.1) is 30.0 Å². The normalized spacial score (nSPS) is 18.9. The van der Waals surface area contributed by atoms with Crippen LogP contribution in [0.4, 0.5) is 22.0 Å². The third-order valence-electron chi connectivity index (χ3n) is 5.52. The Morgan fingerprint density at radius 2 is 1.87 bits per heavy atom. The summed E-state index contributed by atoms with van der Waals surface area (Å²) in [6.45, 7) is 2.13. The summed E-state index contributed by atoms with van der Waals surface area (Å²) in [5, 5.41) is 14.2. The zero-order valence-electron chi connectivity index (χ0n) is 16.7. The van der Waals surface area contributed by atoms with Gasteiger partial charge in [-0.1, -0.05) is 0 Å². The molecule has 2 atom stereocenters. The molecule has 1 aliphatic heterocycles. The van der Waals surface area contributed by atoms with Crippen LogP contribution in [-0.2, 0) is 19.2 Å². The van der Waals surface area contributed by atoms with Gasteiger partial charge in [0.25, 0.3) is 5.91 Å². The average Bonchev–Trinajstić information content (AvgIpc) is 3.23. The van der Waals surface area contributed by atoms with Gasteiger partial charge in [-0.15, -0.1) is 0 Å². The molecular formula is C19H18F5N5O2. The van der Waals surface area contributed by atoms with E-state index < -0.39 is 41.2 Å². The molecule has 4 rings (SSSR count). The Hall–Kier alpha value is -3.02. The standard InChI is InChI=1S/C19H18F5N5O2/c1-9-7-28(8-10-6-25-17(29(9)10)18(2,31)19(22,23)24)16(30)15-11-4-12(20)13(21)5-14(11)27(3)26-15/h4-6,9,31H,7-8H2,1-3H3. The Bertz CT molecular complexity index is 1200. The van der Waals surface area contributed by atoms with Crippen LogP contribution < -0.4 is 0 Å². The van der Waals surface area contributed by atoms with Gasteiger partial charge in [0.2, 0.25) is 5.60 Å². The first kappa shape index (κ1) is 21.2. The number of alkyl halides is 3. The highest BCUT2D eigenvalue weighted by Gasteiger charge is 2.55. The number of hydrogen-bond donors (Lipinski definition) is 1. The SMILES string of the molecule is CC1CN(C(=O)c2nn(C)c3cc(F)c(F)cc23)Cc2cnc(C(C)(O)C(F)(F)F)n21. The molecule has 0 fully saturated rings. The Balaban J connectivity index is 1.71. The van der Waals surface area contributed by atoms with Crippen molar-refractivity contribution in [3.63, 3.8) is 0 Å². The van der Waals surface area contributed by atoms with Crippen molar-refractivity contribution in [3.8, 4) is 0 Å². The van der Waals surface area contributed by atoms with Crippen molar-refractivity contribution in [1.29, 1.82) is 0 Å². The Kier molecular flexibility index (Phi) is 4.61. The number of aryl methyl sites for hydroxylation is 1. The second-order valence-corrected chi connectivity index (χ2v) is 7.80. The fourth-order valence-corrected chi connectivity index (χ4v) is 3.87. The quantitative estimate of drug-likeness (QED) is 0.618. The summed E-state index contributed by atoms with van der Waals surface area (Å²) in [6, 6.07) is 1.19. The van der Waals surface area contributed by atoms with E-state index in [4.69, 9.17) is 0 Å². The molecule has 1 amide bonds. The summed E-state index contributed by atoms with van der Waals surface area (Å²) in [5.41, 5.74) is -2.74. The van der Waals surface area contributed by atoms with E-state index in [1.807, 2.05) is 0 Å². The number of rotatable bonds is 2. The minimum absolute atomic E-state index is 0.00484. The Morgan fingerprint density at radius 1 is 1.23 bits per heavy atom. The van der Waals surface area contributed by atoms with Crippen LogP contribution in [0.25, 0.3) is 10.9 Å². The molecule has 1 aliphatic rings. The van der Waals surface area contributed by atoms with E-state index in [0.717, 1.165) is 12.1 Å². The molecule has 0 saturated carbocycles. The van der Waals surface area contributed by atoms with Gasteiger partial charge in [0.1, 0.15) is 0 Å². The van der Waals surface area contributed by atoms with Crippen LogP contribution >= 0.6 is 0 Å². The molecule has 12 heteroatoms. The summed E-state index contributed by atoms with van der Waals surface area (Å²) in [7, 11) is 1.48. The maximum atomic E-state index is 13.7. The zero-order chi connectivity index (χ0) is 22.9. The molecule has 0 aliphatic carbocycles. The molecule has 2 unspecified atom stereocenters. The number of nitrogens with zero attached hydrogens (tertiary/aromatic N) is 5. The minimum atomic E-state index is -4.94. The summed E-state index contributed by atoms with van der Waals surface area (Å²) in [6.07, 6.45) is -3.76. The monoisotopic (exact) mass is 443 g/mol. The minimum Gasteiger partial charge on any atom is -0.374 e. The topological polar surface area (TPSA) is 76.2 Å². The van der Waals surface area contributed by atoms with Crippen molar-refractivity contribution >= 4 is 16.8 Å². The van der Waals surface area contributed by atoms with Gasteiger partial charge in [-0.05, 0) is 19.9 Å². The molecular weight excluding hydrogens is 425 g/mol. The number of fused-ring (bicyclic) bond motifs is 2. The number of imidazole rings is 1. The van der Waals surface area contributed by atoms with Gasteiger partial charge >= 0.3 is 6.18 Å². The number of hydrogen-bond acceptors (Lipinski definition) is 4. The van der Waals surface area contributed by atoms with Crippen molar-refractivity contribution in [3.05, 3.63) is 47.2 Å². The van der Waals surface area contributed by atoms with Crippen molar-refractivity contribution in [2.24, 2.45) is 7.05 Å². The molecule has 31 heavy (non-hydrogen) atoms. The zero-order valence-corrected chi connectivity index (χ0v) is 16.7. The average molecular weight is 443 g/mol. The van der Waals surface area contributed by atoms with Crippen LogP contribution in [0.2, 0.25) is 0 Å². The van der Waals surface area contributed by atoms with Crippen LogP contribution in [0.15, 0.2) is 18.3 Å². The lowest BCUT2D eigenvalue weighted by Gasteiger charge is -2.36. The van der Waals surface area contributed by atoms with Crippen LogP contribution in [-0.4, -0.2) is 48.0 Å². The van der Waals surface area contributed by atoms with E-state index >= 15 is 0 Å². The molecule has 1 N–H and O–H groups in total. The van der Waals surface area contributed by atoms with E-state index in [1.54, 1.807) is 6.92 Å². The van der Waals surface area contributed by atoms with E-state index in [2.05, 4.69) is 10.1 Å². The largest absolute Gasteiger partial charge is 0.424 e. The summed E-state index contributed by atoms with van der Waals surface area (Å²) in [5.74, 6) is -3.34. The molecule has 3 aromatic rings. The molecule has 0 radical (unpaired) electrons.